The lowest BCUT2D eigenvalue weighted by molar-refractivity contribution is -0.136. The minimum Gasteiger partial charge on any atom is -0.340 e. The van der Waals surface area contributed by atoms with E-state index in [9.17, 15) is 4.79 Å². The van der Waals surface area contributed by atoms with Gasteiger partial charge in [-0.3, -0.25) is 9.69 Å². The minimum absolute atomic E-state index is 0.0799. The second kappa shape index (κ2) is 8.13. The van der Waals surface area contributed by atoms with Crippen molar-refractivity contribution in [2.75, 3.05) is 32.7 Å². The first kappa shape index (κ1) is 17.4. The largest absolute Gasteiger partial charge is 0.340 e. The summed E-state index contributed by atoms with van der Waals surface area (Å²) in [5.41, 5.74) is 7.47. The van der Waals surface area contributed by atoms with E-state index in [2.05, 4.69) is 40.1 Å². The number of nitrogens with zero attached hydrogens (tertiary/aromatic N) is 2. The molecule has 24 heavy (non-hydrogen) atoms. The first-order valence-electron chi connectivity index (χ1n) is 9.45. The van der Waals surface area contributed by atoms with Crippen LogP contribution < -0.4 is 5.73 Å². The molecule has 0 atom stereocenters. The third-order valence-corrected chi connectivity index (χ3v) is 5.85. The van der Waals surface area contributed by atoms with Gasteiger partial charge in [0.1, 0.15) is 0 Å². The first-order valence-corrected chi connectivity index (χ1v) is 9.45. The number of piperazine rings is 1. The van der Waals surface area contributed by atoms with Crippen molar-refractivity contribution in [3.05, 3.63) is 35.9 Å². The van der Waals surface area contributed by atoms with E-state index in [1.54, 1.807) is 0 Å². The molecule has 0 radical (unpaired) electrons. The van der Waals surface area contributed by atoms with Gasteiger partial charge in [0, 0.05) is 39.1 Å². The van der Waals surface area contributed by atoms with E-state index in [1.165, 1.54) is 24.8 Å². The highest BCUT2D eigenvalue weighted by molar-refractivity contribution is 5.77. The maximum absolute atomic E-state index is 12.7. The number of benzene rings is 1. The summed E-state index contributed by atoms with van der Waals surface area (Å²) in [6.07, 6.45) is 6.67. The molecule has 4 heteroatoms. The van der Waals surface area contributed by atoms with Gasteiger partial charge in [0.2, 0.25) is 5.91 Å². The monoisotopic (exact) mass is 329 g/mol. The molecule has 1 aromatic carbocycles. The number of carbonyl (C=O) groups excluding carboxylic acids is 1. The average molecular weight is 329 g/mol. The zero-order chi connectivity index (χ0) is 16.8. The van der Waals surface area contributed by atoms with Crippen LogP contribution in [0.4, 0.5) is 0 Å². The lowest BCUT2D eigenvalue weighted by Gasteiger charge is -2.39. The summed E-state index contributed by atoms with van der Waals surface area (Å²) >= 11 is 0. The molecule has 1 heterocycles. The Labute approximate surface area is 146 Å². The number of rotatable bonds is 5. The van der Waals surface area contributed by atoms with Crippen LogP contribution in [-0.2, 0) is 11.3 Å². The van der Waals surface area contributed by atoms with Crippen LogP contribution >= 0.6 is 0 Å². The van der Waals surface area contributed by atoms with Gasteiger partial charge in [-0.05, 0) is 30.4 Å². The van der Waals surface area contributed by atoms with Crippen LogP contribution in [0.3, 0.4) is 0 Å². The summed E-state index contributed by atoms with van der Waals surface area (Å²) in [5, 5.41) is 0. The molecule has 1 saturated heterocycles. The second-order valence-corrected chi connectivity index (χ2v) is 7.58. The Morgan fingerprint density at radius 3 is 2.29 bits per heavy atom. The molecule has 132 valence electrons. The van der Waals surface area contributed by atoms with Crippen molar-refractivity contribution in [2.24, 2.45) is 11.1 Å². The van der Waals surface area contributed by atoms with E-state index in [0.717, 1.165) is 45.6 Å². The van der Waals surface area contributed by atoms with Crippen LogP contribution in [0.5, 0.6) is 0 Å². The topological polar surface area (TPSA) is 49.6 Å². The molecule has 1 aliphatic carbocycles. The quantitative estimate of drug-likeness (QED) is 0.903. The van der Waals surface area contributed by atoms with Crippen LogP contribution in [0.1, 0.15) is 44.1 Å². The molecule has 2 aliphatic rings. The number of nitrogens with two attached hydrogens (primary N) is 1. The third kappa shape index (κ3) is 4.37. The SMILES string of the molecule is NCC1(CC(=O)N2CCN(Cc3ccccc3)CC2)CCCCC1. The van der Waals surface area contributed by atoms with Crippen molar-refractivity contribution in [1.82, 2.24) is 9.80 Å². The summed E-state index contributed by atoms with van der Waals surface area (Å²) in [6.45, 7) is 5.29. The summed E-state index contributed by atoms with van der Waals surface area (Å²) in [7, 11) is 0. The smallest absolute Gasteiger partial charge is 0.223 e. The van der Waals surface area contributed by atoms with Crippen molar-refractivity contribution in [3.8, 4) is 0 Å². The Balaban J connectivity index is 1.48. The lowest BCUT2D eigenvalue weighted by atomic mass is 9.71. The van der Waals surface area contributed by atoms with Crippen LogP contribution in [-0.4, -0.2) is 48.4 Å². The number of carbonyl (C=O) groups is 1. The van der Waals surface area contributed by atoms with Gasteiger partial charge in [0.15, 0.2) is 0 Å². The van der Waals surface area contributed by atoms with E-state index in [0.29, 0.717) is 18.9 Å². The standard InChI is InChI=1S/C20H31N3O/c21-17-20(9-5-2-6-10-20)15-19(24)23-13-11-22(12-14-23)16-18-7-3-1-4-8-18/h1,3-4,7-8H,2,5-6,9-17,21H2. The molecule has 1 aromatic rings. The van der Waals surface area contributed by atoms with E-state index >= 15 is 0 Å². The molecule has 0 bridgehead atoms. The number of amides is 1. The molecule has 2 N–H and O–H groups in total. The Morgan fingerprint density at radius 2 is 1.67 bits per heavy atom. The van der Waals surface area contributed by atoms with Crippen LogP contribution in [0, 0.1) is 5.41 Å². The predicted molar refractivity (Wildman–Crippen MR) is 97.5 cm³/mol. The van der Waals surface area contributed by atoms with Gasteiger partial charge in [-0.1, -0.05) is 49.6 Å². The molecule has 3 rings (SSSR count). The van der Waals surface area contributed by atoms with E-state index in [1.807, 2.05) is 0 Å². The highest BCUT2D eigenvalue weighted by Gasteiger charge is 2.35. The summed E-state index contributed by atoms with van der Waals surface area (Å²) in [5.74, 6) is 0.321. The highest BCUT2D eigenvalue weighted by Crippen LogP contribution is 2.38. The van der Waals surface area contributed by atoms with Gasteiger partial charge in [0.25, 0.3) is 0 Å². The average Bonchev–Trinajstić information content (AvgIpc) is 2.64. The van der Waals surface area contributed by atoms with Gasteiger partial charge in [-0.25, -0.2) is 0 Å². The van der Waals surface area contributed by atoms with Crippen molar-refractivity contribution in [2.45, 2.75) is 45.1 Å². The second-order valence-electron chi connectivity index (χ2n) is 7.58. The van der Waals surface area contributed by atoms with E-state index in [-0.39, 0.29) is 5.41 Å². The molecule has 4 nitrogen and oxygen atoms in total. The summed E-state index contributed by atoms with van der Waals surface area (Å²) in [4.78, 5) is 17.3. The van der Waals surface area contributed by atoms with Gasteiger partial charge < -0.3 is 10.6 Å². The zero-order valence-corrected chi connectivity index (χ0v) is 14.8. The van der Waals surface area contributed by atoms with Gasteiger partial charge in [-0.2, -0.15) is 0 Å². The maximum atomic E-state index is 12.7. The Kier molecular flexibility index (Phi) is 5.90. The lowest BCUT2D eigenvalue weighted by Crippen LogP contribution is -2.50. The first-order chi connectivity index (χ1) is 11.7. The van der Waals surface area contributed by atoms with Crippen LogP contribution in [0.2, 0.25) is 0 Å². The molecule has 0 aromatic heterocycles. The van der Waals surface area contributed by atoms with Crippen LogP contribution in [0.25, 0.3) is 0 Å². The van der Waals surface area contributed by atoms with Crippen molar-refractivity contribution >= 4 is 5.91 Å². The fourth-order valence-corrected chi connectivity index (χ4v) is 4.18. The predicted octanol–water partition coefficient (Wildman–Crippen LogP) is 2.63. The Bertz CT molecular complexity index is 517. The normalized spacial score (nSPS) is 21.6. The van der Waals surface area contributed by atoms with Crippen molar-refractivity contribution in [3.63, 3.8) is 0 Å². The fraction of sp³-hybridized carbons (Fsp3) is 0.650. The van der Waals surface area contributed by atoms with E-state index in [4.69, 9.17) is 5.73 Å². The Morgan fingerprint density at radius 1 is 1.00 bits per heavy atom. The number of hydrogen-bond donors (Lipinski definition) is 1. The minimum atomic E-state index is 0.0799. The van der Waals surface area contributed by atoms with Gasteiger partial charge in [0.05, 0.1) is 0 Å². The zero-order valence-electron chi connectivity index (χ0n) is 14.8. The molecular weight excluding hydrogens is 298 g/mol. The molecule has 2 fully saturated rings. The summed E-state index contributed by atoms with van der Waals surface area (Å²) < 4.78 is 0. The molecule has 0 spiro atoms. The van der Waals surface area contributed by atoms with Crippen LogP contribution in [0.15, 0.2) is 30.3 Å². The molecule has 0 unspecified atom stereocenters. The molecular formula is C20H31N3O. The third-order valence-electron chi connectivity index (χ3n) is 5.85. The summed E-state index contributed by atoms with van der Waals surface area (Å²) in [6, 6.07) is 10.6. The van der Waals surface area contributed by atoms with E-state index < -0.39 is 0 Å². The van der Waals surface area contributed by atoms with Crippen molar-refractivity contribution in [1.29, 1.82) is 0 Å². The molecule has 1 aliphatic heterocycles. The molecule has 1 saturated carbocycles. The Hall–Kier alpha value is -1.39. The maximum Gasteiger partial charge on any atom is 0.223 e. The number of hydrogen-bond acceptors (Lipinski definition) is 3. The van der Waals surface area contributed by atoms with Gasteiger partial charge in [-0.15, -0.1) is 0 Å². The fourth-order valence-electron chi connectivity index (χ4n) is 4.18. The molecule has 1 amide bonds. The van der Waals surface area contributed by atoms with Crippen molar-refractivity contribution < 1.29 is 4.79 Å². The van der Waals surface area contributed by atoms with Gasteiger partial charge >= 0.3 is 0 Å². The highest BCUT2D eigenvalue weighted by atomic mass is 16.2.